The lowest BCUT2D eigenvalue weighted by atomic mass is 10.1. The Morgan fingerprint density at radius 2 is 1.87 bits per heavy atom. The quantitative estimate of drug-likeness (QED) is 0.885. The van der Waals surface area contributed by atoms with Gasteiger partial charge in [0.1, 0.15) is 0 Å². The molecule has 0 aliphatic rings. The second kappa shape index (κ2) is 4.19. The number of H-pyrrole nitrogens is 1. The molecular weight excluding hydrogens is 252 g/mol. The van der Waals surface area contributed by atoms with Crippen molar-refractivity contribution in [2.45, 2.75) is 20.3 Å². The molecule has 0 bridgehead atoms. The fourth-order valence-corrected chi connectivity index (χ4v) is 1.77. The van der Waals surface area contributed by atoms with Crippen LogP contribution in [0.4, 0.5) is 0 Å². The van der Waals surface area contributed by atoms with Gasteiger partial charge in [0.15, 0.2) is 0 Å². The third-order valence-electron chi connectivity index (χ3n) is 2.64. The highest BCUT2D eigenvalue weighted by atomic mass is 79.9. The zero-order valence-corrected chi connectivity index (χ0v) is 10.4. The number of aryl methyl sites for hydroxylation is 1. The van der Waals surface area contributed by atoms with Crippen LogP contribution in [-0.4, -0.2) is 10.2 Å². The summed E-state index contributed by atoms with van der Waals surface area (Å²) in [6.45, 7) is 4.15. The maximum atomic E-state index is 4.30. The van der Waals surface area contributed by atoms with Crippen molar-refractivity contribution in [3.8, 4) is 0 Å². The molecule has 1 N–H and O–H groups in total. The van der Waals surface area contributed by atoms with Crippen molar-refractivity contribution < 1.29 is 0 Å². The van der Waals surface area contributed by atoms with Crippen molar-refractivity contribution in [2.75, 3.05) is 0 Å². The monoisotopic (exact) mass is 264 g/mol. The Bertz CT molecular complexity index is 457. The number of nitrogens with one attached hydrogen (secondary N) is 1. The molecule has 2 aromatic rings. The average molecular weight is 265 g/mol. The van der Waals surface area contributed by atoms with E-state index in [0.717, 1.165) is 22.3 Å². The van der Waals surface area contributed by atoms with Crippen LogP contribution in [0.3, 0.4) is 0 Å². The molecule has 0 aliphatic carbocycles. The van der Waals surface area contributed by atoms with E-state index in [4.69, 9.17) is 0 Å². The van der Waals surface area contributed by atoms with E-state index < -0.39 is 0 Å². The van der Waals surface area contributed by atoms with Crippen molar-refractivity contribution in [3.05, 3.63) is 51.3 Å². The van der Waals surface area contributed by atoms with Gasteiger partial charge in [0.2, 0.25) is 0 Å². The minimum atomic E-state index is 0.892. The third-order valence-corrected chi connectivity index (χ3v) is 3.17. The molecule has 0 radical (unpaired) electrons. The Morgan fingerprint density at radius 1 is 1.20 bits per heavy atom. The summed E-state index contributed by atoms with van der Waals surface area (Å²) in [5.74, 6) is 0. The Morgan fingerprint density at radius 3 is 2.40 bits per heavy atom. The Hall–Kier alpha value is -1.09. The minimum Gasteiger partial charge on any atom is -0.282 e. The second-order valence-corrected chi connectivity index (χ2v) is 4.64. The molecule has 0 spiro atoms. The van der Waals surface area contributed by atoms with E-state index >= 15 is 0 Å². The molecule has 3 heteroatoms. The van der Waals surface area contributed by atoms with E-state index in [1.165, 1.54) is 11.1 Å². The summed E-state index contributed by atoms with van der Waals surface area (Å²) in [7, 11) is 0. The molecule has 0 fully saturated rings. The molecule has 2 nitrogen and oxygen atoms in total. The molecule has 0 aliphatic heterocycles. The van der Waals surface area contributed by atoms with Crippen molar-refractivity contribution in [3.63, 3.8) is 0 Å². The standard InChI is InChI=1S/C12H13BrN2/c1-8-9(2)14-15-12(8)7-10-3-5-11(13)6-4-10/h3-6H,7H2,1-2H3,(H,14,15). The predicted octanol–water partition coefficient (Wildman–Crippen LogP) is 3.38. The van der Waals surface area contributed by atoms with Gasteiger partial charge in [-0.2, -0.15) is 5.10 Å². The van der Waals surface area contributed by atoms with Gasteiger partial charge in [-0.25, -0.2) is 0 Å². The number of halogens is 1. The Balaban J connectivity index is 2.22. The van der Waals surface area contributed by atoms with Crippen LogP contribution < -0.4 is 0 Å². The van der Waals surface area contributed by atoms with Crippen LogP contribution in [-0.2, 0) is 6.42 Å². The second-order valence-electron chi connectivity index (χ2n) is 3.72. The molecule has 15 heavy (non-hydrogen) atoms. The van der Waals surface area contributed by atoms with Crippen molar-refractivity contribution in [1.29, 1.82) is 0 Å². The van der Waals surface area contributed by atoms with Crippen LogP contribution in [0.1, 0.15) is 22.5 Å². The molecule has 0 saturated heterocycles. The zero-order valence-electron chi connectivity index (χ0n) is 8.84. The highest BCUT2D eigenvalue weighted by molar-refractivity contribution is 9.10. The molecule has 2 rings (SSSR count). The number of nitrogens with zero attached hydrogens (tertiary/aromatic N) is 1. The fourth-order valence-electron chi connectivity index (χ4n) is 1.50. The van der Waals surface area contributed by atoms with Gasteiger partial charge in [-0.15, -0.1) is 0 Å². The molecule has 0 unspecified atom stereocenters. The summed E-state index contributed by atoms with van der Waals surface area (Å²) in [5, 5.41) is 7.31. The Kier molecular flexibility index (Phi) is 2.91. The first-order chi connectivity index (χ1) is 7.16. The first-order valence-corrected chi connectivity index (χ1v) is 5.71. The SMILES string of the molecule is Cc1[nH]nc(Cc2ccc(Br)cc2)c1C. The van der Waals surface area contributed by atoms with Crippen molar-refractivity contribution in [2.24, 2.45) is 0 Å². The average Bonchev–Trinajstić information content (AvgIpc) is 2.53. The van der Waals surface area contributed by atoms with Gasteiger partial charge < -0.3 is 0 Å². The normalized spacial score (nSPS) is 10.6. The summed E-state index contributed by atoms with van der Waals surface area (Å²) in [5.41, 5.74) is 4.84. The highest BCUT2D eigenvalue weighted by Crippen LogP contribution is 2.16. The van der Waals surface area contributed by atoms with E-state index in [-0.39, 0.29) is 0 Å². The zero-order chi connectivity index (χ0) is 10.8. The van der Waals surface area contributed by atoms with Gasteiger partial charge >= 0.3 is 0 Å². The van der Waals surface area contributed by atoms with Crippen molar-refractivity contribution >= 4 is 15.9 Å². The van der Waals surface area contributed by atoms with Crippen LogP contribution in [0.25, 0.3) is 0 Å². The van der Waals surface area contributed by atoms with Crippen LogP contribution >= 0.6 is 15.9 Å². The van der Waals surface area contributed by atoms with E-state index in [9.17, 15) is 0 Å². The first kappa shape index (κ1) is 10.4. The fraction of sp³-hybridized carbons (Fsp3) is 0.250. The molecule has 1 aromatic carbocycles. The number of hydrogen-bond acceptors (Lipinski definition) is 1. The lowest BCUT2D eigenvalue weighted by molar-refractivity contribution is 0.978. The maximum Gasteiger partial charge on any atom is 0.0697 e. The summed E-state index contributed by atoms with van der Waals surface area (Å²) in [6, 6.07) is 8.36. The summed E-state index contributed by atoms with van der Waals surface area (Å²) < 4.78 is 1.11. The largest absolute Gasteiger partial charge is 0.282 e. The maximum absolute atomic E-state index is 4.30. The van der Waals surface area contributed by atoms with Gasteiger partial charge in [-0.05, 0) is 37.1 Å². The van der Waals surface area contributed by atoms with Crippen LogP contribution in [0.5, 0.6) is 0 Å². The van der Waals surface area contributed by atoms with Gasteiger partial charge in [0.05, 0.1) is 5.69 Å². The lowest BCUT2D eigenvalue weighted by Gasteiger charge is -1.99. The van der Waals surface area contributed by atoms with Crippen molar-refractivity contribution in [1.82, 2.24) is 10.2 Å². The van der Waals surface area contributed by atoms with E-state index in [2.05, 4.69) is 57.3 Å². The summed E-state index contributed by atoms with van der Waals surface area (Å²) >= 11 is 3.43. The van der Waals surface area contributed by atoms with Crippen LogP contribution in [0, 0.1) is 13.8 Å². The van der Waals surface area contributed by atoms with E-state index in [0.29, 0.717) is 0 Å². The van der Waals surface area contributed by atoms with Gasteiger partial charge in [0, 0.05) is 16.6 Å². The van der Waals surface area contributed by atoms with Gasteiger partial charge in [-0.1, -0.05) is 28.1 Å². The topological polar surface area (TPSA) is 28.7 Å². The number of hydrogen-bond donors (Lipinski definition) is 1. The number of rotatable bonds is 2. The van der Waals surface area contributed by atoms with Gasteiger partial charge in [0.25, 0.3) is 0 Å². The van der Waals surface area contributed by atoms with Gasteiger partial charge in [-0.3, -0.25) is 5.10 Å². The van der Waals surface area contributed by atoms with Crippen LogP contribution in [0.2, 0.25) is 0 Å². The molecule has 0 saturated carbocycles. The molecular formula is C12H13BrN2. The number of aromatic nitrogens is 2. The molecule has 1 heterocycles. The van der Waals surface area contributed by atoms with E-state index in [1.54, 1.807) is 0 Å². The highest BCUT2D eigenvalue weighted by Gasteiger charge is 2.05. The lowest BCUT2D eigenvalue weighted by Crippen LogP contribution is -1.90. The molecule has 1 aromatic heterocycles. The number of benzene rings is 1. The first-order valence-electron chi connectivity index (χ1n) is 4.91. The third kappa shape index (κ3) is 2.29. The number of aromatic amines is 1. The molecule has 78 valence electrons. The summed E-state index contributed by atoms with van der Waals surface area (Å²) in [6.07, 6.45) is 0.892. The predicted molar refractivity (Wildman–Crippen MR) is 65.0 cm³/mol. The van der Waals surface area contributed by atoms with E-state index in [1.807, 2.05) is 6.92 Å². The minimum absolute atomic E-state index is 0.892. The molecule has 0 amide bonds. The van der Waals surface area contributed by atoms with Crippen LogP contribution in [0.15, 0.2) is 28.7 Å². The molecule has 0 atom stereocenters. The summed E-state index contributed by atoms with van der Waals surface area (Å²) in [4.78, 5) is 0. The Labute approximate surface area is 97.8 Å². The smallest absolute Gasteiger partial charge is 0.0697 e.